The lowest BCUT2D eigenvalue weighted by Crippen LogP contribution is -2.39. The number of amides is 1. The summed E-state index contributed by atoms with van der Waals surface area (Å²) in [5.74, 6) is 0.288. The number of anilines is 1. The fraction of sp³-hybridized carbons (Fsp3) is 0.421. The van der Waals surface area contributed by atoms with Crippen LogP contribution in [0.15, 0.2) is 16.6 Å². The van der Waals surface area contributed by atoms with E-state index in [9.17, 15) is 9.90 Å². The number of nitrogens with zero attached hydrogens (tertiary/aromatic N) is 1. The number of nitrogens with one attached hydrogen (secondary N) is 2. The molecule has 2 aromatic rings. The largest absolute Gasteiger partial charge is 0.504 e. The summed E-state index contributed by atoms with van der Waals surface area (Å²) >= 11 is 5.08. The zero-order chi connectivity index (χ0) is 19.3. The normalized spacial score (nSPS) is 19.3. The average Bonchev–Trinajstić information content (AvgIpc) is 3.01. The van der Waals surface area contributed by atoms with Crippen LogP contribution in [0.1, 0.15) is 46.4 Å². The molecule has 1 unspecified atom stereocenters. The summed E-state index contributed by atoms with van der Waals surface area (Å²) in [5.41, 5.74) is 2.48. The second kappa shape index (κ2) is 7.00. The smallest absolute Gasteiger partial charge is 0.256 e. The van der Waals surface area contributed by atoms with Crippen LogP contribution in [0.3, 0.4) is 0 Å². The van der Waals surface area contributed by atoms with E-state index in [0.29, 0.717) is 17.4 Å². The molecule has 1 aromatic carbocycles. The molecule has 1 amide bonds. The Morgan fingerprint density at radius 2 is 2.15 bits per heavy atom. The van der Waals surface area contributed by atoms with E-state index in [4.69, 9.17) is 4.74 Å². The van der Waals surface area contributed by atoms with Crippen LogP contribution in [0, 0.1) is 0 Å². The molecule has 0 radical (unpaired) electrons. The molecule has 3 N–H and O–H groups in total. The first kappa shape index (κ1) is 18.6. The van der Waals surface area contributed by atoms with Crippen molar-refractivity contribution in [3.8, 4) is 11.5 Å². The fourth-order valence-electron chi connectivity index (χ4n) is 3.70. The van der Waals surface area contributed by atoms with Gasteiger partial charge in [0.25, 0.3) is 5.91 Å². The van der Waals surface area contributed by atoms with Crippen molar-refractivity contribution in [2.24, 2.45) is 0 Å². The van der Waals surface area contributed by atoms with Crippen LogP contribution < -0.4 is 15.4 Å². The average molecular weight is 452 g/mol. The first-order valence-corrected chi connectivity index (χ1v) is 10.5. The Morgan fingerprint density at radius 1 is 1.37 bits per heavy atom. The highest BCUT2D eigenvalue weighted by Gasteiger charge is 2.34. The number of fused-ring (bicyclic) bond motifs is 3. The van der Waals surface area contributed by atoms with E-state index in [1.165, 1.54) is 12.0 Å². The molecule has 3 heterocycles. The van der Waals surface area contributed by atoms with E-state index in [2.05, 4.69) is 45.3 Å². The molecule has 2 aliphatic heterocycles. The molecule has 0 spiro atoms. The van der Waals surface area contributed by atoms with Crippen LogP contribution in [0.5, 0.6) is 11.5 Å². The summed E-state index contributed by atoms with van der Waals surface area (Å²) in [6.07, 6.45) is 0.368. The van der Waals surface area contributed by atoms with E-state index in [-0.39, 0.29) is 11.7 Å². The summed E-state index contributed by atoms with van der Waals surface area (Å²) in [6.45, 7) is 6.24. The van der Waals surface area contributed by atoms with Gasteiger partial charge in [-0.1, -0.05) is 15.9 Å². The van der Waals surface area contributed by atoms with Crippen LogP contribution in [0.25, 0.3) is 0 Å². The molecule has 1 aromatic heterocycles. The minimum Gasteiger partial charge on any atom is -0.504 e. The Hall–Kier alpha value is -1.77. The molecule has 8 heteroatoms. The van der Waals surface area contributed by atoms with Gasteiger partial charge in [-0.2, -0.15) is 0 Å². The highest BCUT2D eigenvalue weighted by molar-refractivity contribution is 9.10. The zero-order valence-corrected chi connectivity index (χ0v) is 17.8. The summed E-state index contributed by atoms with van der Waals surface area (Å²) in [7, 11) is 1.50. The lowest BCUT2D eigenvalue weighted by molar-refractivity contribution is 0.0934. The molecular weight excluding hydrogens is 430 g/mol. The number of rotatable bonds is 3. The maximum Gasteiger partial charge on any atom is 0.256 e. The minimum atomic E-state index is -0.516. The lowest BCUT2D eigenvalue weighted by Gasteiger charge is -2.31. The number of phenolic OH excluding ortho intramolecular Hbond substituents is 1. The van der Waals surface area contributed by atoms with Crippen molar-refractivity contribution in [1.82, 2.24) is 10.2 Å². The van der Waals surface area contributed by atoms with Crippen molar-refractivity contribution < 1.29 is 14.6 Å². The van der Waals surface area contributed by atoms with Crippen molar-refractivity contribution in [2.45, 2.75) is 39.0 Å². The third-order valence-electron chi connectivity index (χ3n) is 5.19. The standard InChI is InChI=1S/C19H22BrN3O3S/c1-9(2)23-5-4-11-14(8-23)27-19-15(11)18(25)21-17(22-19)12-6-10(20)7-13(26-3)16(12)24/h6-7,9,17,22,24H,4-5,8H2,1-3H3,(H,21,25). The van der Waals surface area contributed by atoms with E-state index in [1.807, 2.05) is 0 Å². The van der Waals surface area contributed by atoms with Crippen molar-refractivity contribution in [3.63, 3.8) is 0 Å². The molecule has 27 heavy (non-hydrogen) atoms. The Morgan fingerprint density at radius 3 is 2.85 bits per heavy atom. The maximum atomic E-state index is 12.9. The number of halogens is 1. The highest BCUT2D eigenvalue weighted by Crippen LogP contribution is 2.43. The van der Waals surface area contributed by atoms with Crippen molar-refractivity contribution in [1.29, 1.82) is 0 Å². The van der Waals surface area contributed by atoms with Gasteiger partial charge in [0.05, 0.1) is 12.7 Å². The second-order valence-electron chi connectivity index (χ2n) is 7.12. The summed E-state index contributed by atoms with van der Waals surface area (Å²) in [6, 6.07) is 3.96. The SMILES string of the molecule is COc1cc(Br)cc(C2NC(=O)c3c(sc4c3CCN(C(C)C)C4)N2)c1O. The first-order chi connectivity index (χ1) is 12.9. The number of carbonyl (C=O) groups excluding carboxylic acids is 1. The molecule has 0 saturated heterocycles. The van der Waals surface area contributed by atoms with Crippen LogP contribution in [-0.4, -0.2) is 35.6 Å². The molecule has 6 nitrogen and oxygen atoms in total. The number of methoxy groups -OCH3 is 1. The van der Waals surface area contributed by atoms with Gasteiger partial charge in [-0.15, -0.1) is 11.3 Å². The number of aromatic hydroxyl groups is 1. The monoisotopic (exact) mass is 451 g/mol. The van der Waals surface area contributed by atoms with Gasteiger partial charge in [0.15, 0.2) is 11.5 Å². The lowest BCUT2D eigenvalue weighted by atomic mass is 9.99. The van der Waals surface area contributed by atoms with E-state index >= 15 is 0 Å². The fourth-order valence-corrected chi connectivity index (χ4v) is 5.46. The Kier molecular flexibility index (Phi) is 4.82. The first-order valence-electron chi connectivity index (χ1n) is 8.91. The Balaban J connectivity index is 1.69. The molecular formula is C19H22BrN3O3S. The van der Waals surface area contributed by atoms with Crippen LogP contribution in [0.2, 0.25) is 0 Å². The summed E-state index contributed by atoms with van der Waals surface area (Å²) in [4.78, 5) is 16.6. The number of hydrogen-bond donors (Lipinski definition) is 3. The predicted octanol–water partition coefficient (Wildman–Crippen LogP) is 3.85. The molecule has 0 bridgehead atoms. The molecule has 144 valence electrons. The molecule has 0 aliphatic carbocycles. The zero-order valence-electron chi connectivity index (χ0n) is 15.4. The third kappa shape index (κ3) is 3.19. The van der Waals surface area contributed by atoms with Crippen LogP contribution in [0.4, 0.5) is 5.00 Å². The van der Waals surface area contributed by atoms with Gasteiger partial charge in [0.1, 0.15) is 11.2 Å². The van der Waals surface area contributed by atoms with Gasteiger partial charge in [-0.3, -0.25) is 9.69 Å². The van der Waals surface area contributed by atoms with Gasteiger partial charge >= 0.3 is 0 Å². The number of phenols is 1. The Labute approximate surface area is 170 Å². The quantitative estimate of drug-likeness (QED) is 0.660. The molecule has 2 aliphatic rings. The van der Waals surface area contributed by atoms with Gasteiger partial charge in [0, 0.05) is 34.0 Å². The molecule has 0 saturated carbocycles. The summed E-state index contributed by atoms with van der Waals surface area (Å²) < 4.78 is 6.00. The topological polar surface area (TPSA) is 73.8 Å². The minimum absolute atomic E-state index is 0.0225. The third-order valence-corrected chi connectivity index (χ3v) is 6.80. The number of ether oxygens (including phenoxy) is 1. The van der Waals surface area contributed by atoms with Gasteiger partial charge < -0.3 is 20.5 Å². The van der Waals surface area contributed by atoms with Gasteiger partial charge in [-0.05, 0) is 38.0 Å². The highest BCUT2D eigenvalue weighted by atomic mass is 79.9. The van der Waals surface area contributed by atoms with Crippen molar-refractivity contribution in [2.75, 3.05) is 19.0 Å². The molecule has 4 rings (SSSR count). The van der Waals surface area contributed by atoms with Crippen molar-refractivity contribution in [3.05, 3.63) is 38.2 Å². The van der Waals surface area contributed by atoms with Gasteiger partial charge in [0.2, 0.25) is 0 Å². The maximum absolute atomic E-state index is 12.9. The van der Waals surface area contributed by atoms with Crippen molar-refractivity contribution >= 4 is 38.2 Å². The molecule has 0 fully saturated rings. The number of benzene rings is 1. The van der Waals surface area contributed by atoms with Gasteiger partial charge in [-0.25, -0.2) is 0 Å². The number of hydrogen-bond acceptors (Lipinski definition) is 6. The number of thiophene rings is 1. The Bertz CT molecular complexity index is 912. The van der Waals surface area contributed by atoms with E-state index in [0.717, 1.165) is 40.1 Å². The summed E-state index contributed by atoms with van der Waals surface area (Å²) in [5, 5.41) is 17.8. The van der Waals surface area contributed by atoms with Crippen LogP contribution in [-0.2, 0) is 13.0 Å². The second-order valence-corrected chi connectivity index (χ2v) is 9.14. The molecule has 1 atom stereocenters. The number of carbonyl (C=O) groups is 1. The van der Waals surface area contributed by atoms with E-state index in [1.54, 1.807) is 23.5 Å². The predicted molar refractivity (Wildman–Crippen MR) is 110 cm³/mol. The van der Waals surface area contributed by atoms with Crippen LogP contribution >= 0.6 is 27.3 Å². The van der Waals surface area contributed by atoms with E-state index < -0.39 is 6.17 Å².